The Hall–Kier alpha value is -2.29. The molecule has 0 aliphatic heterocycles. The number of carbonyl (C=O) groups excluding carboxylic acids is 2. The lowest BCUT2D eigenvalue weighted by atomic mass is 9.95. The standard InChI is InChI=1S/C29H39Cl2N3O4S/c1-4-27(29(36)32-23-11-6-5-7-12-23)33(20-22-15-16-25(30)26(31)19-22)28(35)14-9-17-34(39(3,37)38)24-13-8-10-21(2)18-24/h8,10,13,15-16,18-19,23,27H,4-7,9,11-12,14,17,20H2,1-3H3,(H,32,36)/t27-/m1/s1. The molecular formula is C29H39Cl2N3O4S. The van der Waals surface area contributed by atoms with E-state index in [1.165, 1.54) is 10.7 Å². The largest absolute Gasteiger partial charge is 0.352 e. The first-order valence-electron chi connectivity index (χ1n) is 13.6. The SMILES string of the molecule is CC[C@H](C(=O)NC1CCCCC1)N(Cc1ccc(Cl)c(Cl)c1)C(=O)CCCN(c1cccc(C)c1)S(C)(=O)=O. The molecule has 1 N–H and O–H groups in total. The molecule has 1 aliphatic rings. The Morgan fingerprint density at radius 2 is 1.77 bits per heavy atom. The van der Waals surface area contributed by atoms with Crippen LogP contribution in [-0.4, -0.2) is 50.0 Å². The van der Waals surface area contributed by atoms with Crippen LogP contribution in [-0.2, 0) is 26.2 Å². The number of aryl methyl sites for hydroxylation is 1. The number of nitrogens with zero attached hydrogens (tertiary/aromatic N) is 2. The van der Waals surface area contributed by atoms with Gasteiger partial charge in [-0.25, -0.2) is 8.42 Å². The summed E-state index contributed by atoms with van der Waals surface area (Å²) in [6.07, 6.45) is 7.26. The van der Waals surface area contributed by atoms with Crippen molar-refractivity contribution in [2.75, 3.05) is 17.1 Å². The zero-order valence-electron chi connectivity index (χ0n) is 23.0. The Morgan fingerprint density at radius 1 is 1.05 bits per heavy atom. The molecule has 0 bridgehead atoms. The van der Waals surface area contributed by atoms with Gasteiger partial charge in [0.05, 0.1) is 22.0 Å². The fourth-order valence-corrected chi connectivity index (χ4v) is 6.36. The Morgan fingerprint density at radius 3 is 2.38 bits per heavy atom. The number of benzene rings is 2. The molecule has 2 amide bonds. The molecule has 2 aromatic rings. The summed E-state index contributed by atoms with van der Waals surface area (Å²) in [6, 6.07) is 11.9. The summed E-state index contributed by atoms with van der Waals surface area (Å²) in [5.41, 5.74) is 2.27. The minimum Gasteiger partial charge on any atom is -0.352 e. The molecule has 0 radical (unpaired) electrons. The molecule has 0 aromatic heterocycles. The average Bonchev–Trinajstić information content (AvgIpc) is 2.88. The summed E-state index contributed by atoms with van der Waals surface area (Å²) in [4.78, 5) is 28.6. The highest BCUT2D eigenvalue weighted by Gasteiger charge is 2.30. The van der Waals surface area contributed by atoms with E-state index in [4.69, 9.17) is 23.2 Å². The van der Waals surface area contributed by atoms with Gasteiger partial charge in [-0.1, -0.05) is 67.6 Å². The van der Waals surface area contributed by atoms with E-state index < -0.39 is 16.1 Å². The van der Waals surface area contributed by atoms with Crippen LogP contribution in [0.3, 0.4) is 0 Å². The second-order valence-electron chi connectivity index (χ2n) is 10.3. The van der Waals surface area contributed by atoms with Gasteiger partial charge in [-0.2, -0.15) is 0 Å². The third kappa shape index (κ3) is 9.12. The fraction of sp³-hybridized carbons (Fsp3) is 0.517. The highest BCUT2D eigenvalue weighted by molar-refractivity contribution is 7.92. The van der Waals surface area contributed by atoms with E-state index in [-0.39, 0.29) is 37.4 Å². The van der Waals surface area contributed by atoms with Crippen molar-refractivity contribution in [1.82, 2.24) is 10.2 Å². The topological polar surface area (TPSA) is 86.8 Å². The van der Waals surface area contributed by atoms with Crippen LogP contribution in [0.2, 0.25) is 10.0 Å². The van der Waals surface area contributed by atoms with E-state index in [0.717, 1.165) is 43.1 Å². The molecular weight excluding hydrogens is 557 g/mol. The zero-order valence-corrected chi connectivity index (χ0v) is 25.3. The van der Waals surface area contributed by atoms with Crippen molar-refractivity contribution in [3.63, 3.8) is 0 Å². The van der Waals surface area contributed by atoms with Gasteiger partial charge < -0.3 is 10.2 Å². The van der Waals surface area contributed by atoms with E-state index >= 15 is 0 Å². The molecule has 7 nitrogen and oxygen atoms in total. The van der Waals surface area contributed by atoms with Crippen LogP contribution in [0.25, 0.3) is 0 Å². The van der Waals surface area contributed by atoms with Crippen molar-refractivity contribution in [2.24, 2.45) is 0 Å². The minimum absolute atomic E-state index is 0.0896. The van der Waals surface area contributed by atoms with Gasteiger partial charge >= 0.3 is 0 Å². The Labute approximate surface area is 242 Å². The molecule has 3 rings (SSSR count). The second kappa shape index (κ2) is 14.4. The average molecular weight is 597 g/mol. The maximum atomic E-state index is 13.6. The van der Waals surface area contributed by atoms with Crippen LogP contribution in [0.1, 0.15) is 69.4 Å². The van der Waals surface area contributed by atoms with E-state index in [1.54, 1.807) is 29.2 Å². The van der Waals surface area contributed by atoms with Crippen molar-refractivity contribution >= 4 is 50.7 Å². The van der Waals surface area contributed by atoms with Crippen LogP contribution in [0, 0.1) is 6.92 Å². The van der Waals surface area contributed by atoms with E-state index in [1.807, 2.05) is 32.0 Å². The van der Waals surface area contributed by atoms with Crippen LogP contribution in [0.5, 0.6) is 0 Å². The second-order valence-corrected chi connectivity index (χ2v) is 13.0. The monoisotopic (exact) mass is 595 g/mol. The summed E-state index contributed by atoms with van der Waals surface area (Å²) in [6.45, 7) is 4.14. The van der Waals surface area contributed by atoms with Gasteiger partial charge in [-0.05, 0) is 68.0 Å². The number of nitrogens with one attached hydrogen (secondary N) is 1. The number of rotatable bonds is 12. The molecule has 0 spiro atoms. The number of amides is 2. The normalized spacial score (nSPS) is 15.0. The predicted molar refractivity (Wildman–Crippen MR) is 159 cm³/mol. The van der Waals surface area contributed by atoms with E-state index in [9.17, 15) is 18.0 Å². The van der Waals surface area contributed by atoms with Crippen LogP contribution >= 0.6 is 23.2 Å². The lowest BCUT2D eigenvalue weighted by Gasteiger charge is -2.33. The van der Waals surface area contributed by atoms with Crippen molar-refractivity contribution < 1.29 is 18.0 Å². The molecule has 0 heterocycles. The van der Waals surface area contributed by atoms with Gasteiger partial charge in [-0.15, -0.1) is 0 Å². The maximum Gasteiger partial charge on any atom is 0.243 e. The van der Waals surface area contributed by atoms with Crippen molar-refractivity contribution in [1.29, 1.82) is 0 Å². The molecule has 1 fully saturated rings. The third-order valence-electron chi connectivity index (χ3n) is 7.12. The molecule has 1 atom stereocenters. The number of hydrogen-bond acceptors (Lipinski definition) is 4. The van der Waals surface area contributed by atoms with Crippen LogP contribution in [0.4, 0.5) is 5.69 Å². The summed E-state index contributed by atoms with van der Waals surface area (Å²) in [5.74, 6) is -0.375. The van der Waals surface area contributed by atoms with Crippen molar-refractivity contribution in [3.8, 4) is 0 Å². The number of hydrogen-bond donors (Lipinski definition) is 1. The third-order valence-corrected chi connectivity index (χ3v) is 9.05. The van der Waals surface area contributed by atoms with Crippen LogP contribution in [0.15, 0.2) is 42.5 Å². The maximum absolute atomic E-state index is 13.6. The molecule has 2 aromatic carbocycles. The van der Waals surface area contributed by atoms with Gasteiger partial charge in [0, 0.05) is 25.6 Å². The highest BCUT2D eigenvalue weighted by Crippen LogP contribution is 2.25. The van der Waals surface area contributed by atoms with Gasteiger partial charge in [0.1, 0.15) is 6.04 Å². The Bertz CT molecular complexity index is 1250. The highest BCUT2D eigenvalue weighted by atomic mass is 35.5. The lowest BCUT2D eigenvalue weighted by molar-refractivity contribution is -0.141. The number of halogens is 2. The predicted octanol–water partition coefficient (Wildman–Crippen LogP) is 6.10. The molecule has 0 unspecified atom stereocenters. The minimum atomic E-state index is -3.54. The van der Waals surface area contributed by atoms with E-state index in [0.29, 0.717) is 28.6 Å². The number of anilines is 1. The first-order valence-corrected chi connectivity index (χ1v) is 16.2. The number of carbonyl (C=O) groups is 2. The molecule has 39 heavy (non-hydrogen) atoms. The quantitative estimate of drug-likeness (QED) is 0.321. The van der Waals surface area contributed by atoms with Crippen molar-refractivity contribution in [2.45, 2.75) is 83.8 Å². The smallest absolute Gasteiger partial charge is 0.243 e. The summed E-state index contributed by atoms with van der Waals surface area (Å²) >= 11 is 12.3. The molecule has 1 aliphatic carbocycles. The fourth-order valence-electron chi connectivity index (χ4n) is 5.09. The van der Waals surface area contributed by atoms with Crippen LogP contribution < -0.4 is 9.62 Å². The summed E-state index contributed by atoms with van der Waals surface area (Å²) < 4.78 is 26.4. The zero-order chi connectivity index (χ0) is 28.6. The van der Waals surface area contributed by atoms with Gasteiger partial charge in [0.25, 0.3) is 0 Å². The van der Waals surface area contributed by atoms with Gasteiger partial charge in [0.15, 0.2) is 0 Å². The summed E-state index contributed by atoms with van der Waals surface area (Å²) in [7, 11) is -3.54. The van der Waals surface area contributed by atoms with E-state index in [2.05, 4.69) is 5.32 Å². The first kappa shape index (κ1) is 31.2. The van der Waals surface area contributed by atoms with Crippen molar-refractivity contribution in [3.05, 3.63) is 63.6 Å². The summed E-state index contributed by atoms with van der Waals surface area (Å²) in [5, 5.41) is 3.96. The van der Waals surface area contributed by atoms with Gasteiger partial charge in [0.2, 0.25) is 21.8 Å². The molecule has 0 saturated heterocycles. The Kier molecular flexibility index (Phi) is 11.5. The Balaban J connectivity index is 1.78. The molecule has 1 saturated carbocycles. The van der Waals surface area contributed by atoms with Gasteiger partial charge in [-0.3, -0.25) is 13.9 Å². The molecule has 214 valence electrons. The molecule has 10 heteroatoms. The first-order chi connectivity index (χ1) is 18.5. The lowest BCUT2D eigenvalue weighted by Crippen LogP contribution is -2.51. The number of sulfonamides is 1.